The summed E-state index contributed by atoms with van der Waals surface area (Å²) < 4.78 is 0. The Bertz CT molecular complexity index is 331. The Kier molecular flexibility index (Phi) is 2.69. The molecule has 0 amide bonds. The molecule has 0 radical (unpaired) electrons. The van der Waals surface area contributed by atoms with Gasteiger partial charge in [0.1, 0.15) is 0 Å². The zero-order valence-corrected chi connectivity index (χ0v) is 9.25. The first-order valence-electron chi connectivity index (χ1n) is 3.11. The predicted molar refractivity (Wildman–Crippen MR) is 51.2 cm³/mol. The first-order chi connectivity index (χ1) is 6.20. The first-order valence-corrected chi connectivity index (χ1v) is 4.62. The third kappa shape index (κ3) is 1.03. The lowest BCUT2D eigenvalue weighted by Gasteiger charge is -2.43. The lowest BCUT2D eigenvalue weighted by Crippen LogP contribution is -2.64. The molecule has 0 unspecified atom stereocenters. The molecule has 0 aromatic heterocycles. The Labute approximate surface area is 98.0 Å². The van der Waals surface area contributed by atoms with E-state index >= 15 is 0 Å². The van der Waals surface area contributed by atoms with Crippen LogP contribution in [0.4, 0.5) is 0 Å². The standard InChI is InChI=1S/C6H2Cl4O4/c7-1-2(8)6(10,4(13)14)5(1,9)3(11)12/h(H,11,12)(H,13,14)/t5-,6+. The highest BCUT2D eigenvalue weighted by molar-refractivity contribution is 6.64. The highest BCUT2D eigenvalue weighted by Gasteiger charge is 2.73. The third-order valence-electron chi connectivity index (χ3n) is 1.86. The van der Waals surface area contributed by atoms with Crippen molar-refractivity contribution in [1.82, 2.24) is 0 Å². The van der Waals surface area contributed by atoms with Crippen LogP contribution >= 0.6 is 46.4 Å². The molecule has 0 fully saturated rings. The molecule has 0 saturated carbocycles. The highest BCUT2D eigenvalue weighted by atomic mass is 35.5. The van der Waals surface area contributed by atoms with Crippen molar-refractivity contribution in [2.45, 2.75) is 9.75 Å². The number of carbonyl (C=O) groups is 2. The number of halogens is 4. The van der Waals surface area contributed by atoms with Gasteiger partial charge >= 0.3 is 11.9 Å². The minimum Gasteiger partial charge on any atom is -0.480 e. The third-order valence-corrected chi connectivity index (χ3v) is 4.46. The van der Waals surface area contributed by atoms with Crippen molar-refractivity contribution >= 4 is 58.3 Å². The smallest absolute Gasteiger partial charge is 0.333 e. The number of carboxylic acid groups (broad SMARTS) is 2. The zero-order valence-electron chi connectivity index (χ0n) is 6.22. The van der Waals surface area contributed by atoms with Gasteiger partial charge in [0.25, 0.3) is 0 Å². The van der Waals surface area contributed by atoms with Crippen molar-refractivity contribution in [3.63, 3.8) is 0 Å². The Morgan fingerprint density at radius 1 is 0.929 bits per heavy atom. The molecule has 0 aliphatic heterocycles. The number of carboxylic acids is 2. The topological polar surface area (TPSA) is 74.6 Å². The molecule has 0 heterocycles. The SMILES string of the molecule is O=C(O)[C@@]1(Cl)C(Cl)=C(Cl)[C@@]1(Cl)C(=O)O. The van der Waals surface area contributed by atoms with Gasteiger partial charge in [-0.3, -0.25) is 0 Å². The highest BCUT2D eigenvalue weighted by Crippen LogP contribution is 2.59. The van der Waals surface area contributed by atoms with E-state index in [-0.39, 0.29) is 0 Å². The van der Waals surface area contributed by atoms with E-state index in [1.165, 1.54) is 0 Å². The molecule has 78 valence electrons. The molecule has 1 aliphatic carbocycles. The lowest BCUT2D eigenvalue weighted by molar-refractivity contribution is -0.148. The van der Waals surface area contributed by atoms with E-state index in [1.54, 1.807) is 0 Å². The molecule has 0 aromatic rings. The van der Waals surface area contributed by atoms with Crippen molar-refractivity contribution in [3.8, 4) is 0 Å². The summed E-state index contributed by atoms with van der Waals surface area (Å²) in [4.78, 5) is 16.6. The Morgan fingerprint density at radius 3 is 1.29 bits per heavy atom. The zero-order chi connectivity index (χ0) is 11.3. The van der Waals surface area contributed by atoms with Gasteiger partial charge in [0.05, 0.1) is 10.1 Å². The summed E-state index contributed by atoms with van der Waals surface area (Å²) >= 11 is 21.8. The van der Waals surface area contributed by atoms with E-state index in [9.17, 15) is 9.59 Å². The van der Waals surface area contributed by atoms with E-state index < -0.39 is 31.8 Å². The first kappa shape index (κ1) is 11.9. The summed E-state index contributed by atoms with van der Waals surface area (Å²) in [6.07, 6.45) is 0. The molecule has 2 N–H and O–H groups in total. The summed E-state index contributed by atoms with van der Waals surface area (Å²) in [6.45, 7) is 0. The fourth-order valence-corrected chi connectivity index (χ4v) is 2.49. The van der Waals surface area contributed by atoms with Gasteiger partial charge in [0, 0.05) is 0 Å². The maximum absolute atomic E-state index is 10.7. The van der Waals surface area contributed by atoms with Crippen molar-refractivity contribution in [2.75, 3.05) is 0 Å². The van der Waals surface area contributed by atoms with Gasteiger partial charge in [-0.1, -0.05) is 46.4 Å². The molecule has 0 spiro atoms. The van der Waals surface area contributed by atoms with Gasteiger partial charge in [-0.05, 0) is 0 Å². The van der Waals surface area contributed by atoms with Crippen LogP contribution in [0.3, 0.4) is 0 Å². The van der Waals surface area contributed by atoms with Crippen LogP contribution in [-0.4, -0.2) is 31.9 Å². The van der Waals surface area contributed by atoms with Crippen molar-refractivity contribution in [2.24, 2.45) is 0 Å². The second kappa shape index (κ2) is 3.17. The van der Waals surface area contributed by atoms with Crippen LogP contribution in [0.1, 0.15) is 0 Å². The Morgan fingerprint density at radius 2 is 1.14 bits per heavy atom. The number of hydrogen-bond acceptors (Lipinski definition) is 2. The Balaban J connectivity index is 3.39. The van der Waals surface area contributed by atoms with Crippen LogP contribution in [0.2, 0.25) is 0 Å². The second-order valence-corrected chi connectivity index (χ2v) is 4.45. The molecule has 1 rings (SSSR count). The second-order valence-electron chi connectivity index (χ2n) is 2.56. The van der Waals surface area contributed by atoms with Crippen LogP contribution in [0.5, 0.6) is 0 Å². The van der Waals surface area contributed by atoms with E-state index in [2.05, 4.69) is 0 Å². The summed E-state index contributed by atoms with van der Waals surface area (Å²) in [6, 6.07) is 0. The van der Waals surface area contributed by atoms with Gasteiger partial charge in [-0.15, -0.1) is 0 Å². The Hall–Kier alpha value is -0.160. The van der Waals surface area contributed by atoms with Gasteiger partial charge in [0.2, 0.25) is 9.75 Å². The van der Waals surface area contributed by atoms with Gasteiger partial charge in [-0.2, -0.15) is 0 Å². The molecule has 2 atom stereocenters. The number of rotatable bonds is 2. The maximum atomic E-state index is 10.7. The largest absolute Gasteiger partial charge is 0.480 e. The van der Waals surface area contributed by atoms with Gasteiger partial charge in [0.15, 0.2) is 0 Å². The van der Waals surface area contributed by atoms with Crippen LogP contribution in [0.25, 0.3) is 0 Å². The van der Waals surface area contributed by atoms with Crippen molar-refractivity contribution in [1.29, 1.82) is 0 Å². The van der Waals surface area contributed by atoms with Crippen LogP contribution in [0.15, 0.2) is 10.1 Å². The van der Waals surface area contributed by atoms with Crippen LogP contribution < -0.4 is 0 Å². The molecule has 14 heavy (non-hydrogen) atoms. The van der Waals surface area contributed by atoms with Crippen molar-refractivity contribution < 1.29 is 19.8 Å². The molecule has 0 saturated heterocycles. The summed E-state index contributed by atoms with van der Waals surface area (Å²) in [5.41, 5.74) is 0. The van der Waals surface area contributed by atoms with E-state index in [1.807, 2.05) is 0 Å². The molecule has 8 heteroatoms. The summed E-state index contributed by atoms with van der Waals surface area (Å²) in [5, 5.41) is 16.5. The minimum atomic E-state index is -2.40. The fourth-order valence-electron chi connectivity index (χ4n) is 1.02. The molecular weight excluding hydrogens is 278 g/mol. The maximum Gasteiger partial charge on any atom is 0.333 e. The number of hydrogen-bond donors (Lipinski definition) is 2. The summed E-state index contributed by atoms with van der Waals surface area (Å²) in [7, 11) is 0. The minimum absolute atomic E-state index is 0.481. The number of alkyl halides is 2. The molecule has 1 aliphatic rings. The summed E-state index contributed by atoms with van der Waals surface area (Å²) in [5.74, 6) is -3.32. The lowest BCUT2D eigenvalue weighted by atomic mass is 9.79. The average molecular weight is 280 g/mol. The van der Waals surface area contributed by atoms with Crippen LogP contribution in [-0.2, 0) is 9.59 Å². The predicted octanol–water partition coefficient (Wildman–Crippen LogP) is 1.81. The van der Waals surface area contributed by atoms with Gasteiger partial charge in [-0.25, -0.2) is 9.59 Å². The number of aliphatic carboxylic acids is 2. The van der Waals surface area contributed by atoms with E-state index in [0.717, 1.165) is 0 Å². The molecular formula is C6H2Cl4O4. The van der Waals surface area contributed by atoms with E-state index in [0.29, 0.717) is 0 Å². The quantitative estimate of drug-likeness (QED) is 0.756. The molecule has 4 nitrogen and oxygen atoms in total. The van der Waals surface area contributed by atoms with Gasteiger partial charge < -0.3 is 10.2 Å². The molecule has 0 bridgehead atoms. The fraction of sp³-hybridized carbons (Fsp3) is 0.333. The average Bonchev–Trinajstić information content (AvgIpc) is 2.12. The monoisotopic (exact) mass is 278 g/mol. The molecule has 0 aromatic carbocycles. The van der Waals surface area contributed by atoms with Crippen molar-refractivity contribution in [3.05, 3.63) is 10.1 Å². The van der Waals surface area contributed by atoms with E-state index in [4.69, 9.17) is 56.6 Å². The van der Waals surface area contributed by atoms with Crippen LogP contribution in [0, 0.1) is 0 Å². The normalized spacial score (nSPS) is 36.6.